The van der Waals surface area contributed by atoms with Crippen LogP contribution in [0.15, 0.2) is 11.0 Å². The lowest BCUT2D eigenvalue weighted by Crippen LogP contribution is -2.21. The third kappa shape index (κ3) is 1.01. The normalized spacial score (nSPS) is 11.0. The molecule has 0 saturated carbocycles. The second-order valence-electron chi connectivity index (χ2n) is 3.03. The molecule has 0 radical (unpaired) electrons. The van der Waals surface area contributed by atoms with Gasteiger partial charge in [-0.3, -0.25) is 9.36 Å². The summed E-state index contributed by atoms with van der Waals surface area (Å²) in [6.45, 7) is -0.194. The molecule has 0 spiro atoms. The van der Waals surface area contributed by atoms with E-state index in [0.29, 0.717) is 16.6 Å². The minimum absolute atomic E-state index is 0.147. The lowest BCUT2D eigenvalue weighted by molar-refractivity contribution is 0.283. The number of hydrogen-bond acceptors (Lipinski definition) is 4. The summed E-state index contributed by atoms with van der Waals surface area (Å²) in [6.07, 6.45) is 1.55. The van der Waals surface area contributed by atoms with Crippen molar-refractivity contribution in [3.63, 3.8) is 0 Å². The van der Waals surface area contributed by atoms with Gasteiger partial charge in [0, 0.05) is 18.8 Å². The monoisotopic (exact) mass is 194 g/mol. The predicted molar refractivity (Wildman–Crippen MR) is 51.7 cm³/mol. The molecule has 0 aliphatic rings. The molecule has 6 nitrogen and oxygen atoms in total. The zero-order valence-electron chi connectivity index (χ0n) is 7.61. The van der Waals surface area contributed by atoms with E-state index in [1.165, 1.54) is 11.6 Å². The fourth-order valence-electron chi connectivity index (χ4n) is 1.36. The Morgan fingerprint density at radius 3 is 3.07 bits per heavy atom. The molecule has 0 unspecified atom stereocenters. The van der Waals surface area contributed by atoms with Crippen molar-refractivity contribution in [1.29, 1.82) is 0 Å². The Morgan fingerprint density at radius 2 is 2.43 bits per heavy atom. The quantitative estimate of drug-likeness (QED) is 0.561. The Morgan fingerprint density at radius 1 is 1.71 bits per heavy atom. The molecule has 74 valence electrons. The number of aromatic nitrogens is 3. The van der Waals surface area contributed by atoms with Gasteiger partial charge in [0.15, 0.2) is 0 Å². The van der Waals surface area contributed by atoms with E-state index in [9.17, 15) is 4.79 Å². The van der Waals surface area contributed by atoms with Crippen LogP contribution >= 0.6 is 0 Å². The zero-order valence-corrected chi connectivity index (χ0v) is 7.61. The van der Waals surface area contributed by atoms with E-state index < -0.39 is 0 Å². The maximum atomic E-state index is 11.7. The van der Waals surface area contributed by atoms with Gasteiger partial charge in [0.05, 0.1) is 12.0 Å². The zero-order chi connectivity index (χ0) is 10.3. The summed E-state index contributed by atoms with van der Waals surface area (Å²) in [6, 6.07) is 0. The molecule has 4 N–H and O–H groups in total. The summed E-state index contributed by atoms with van der Waals surface area (Å²) >= 11 is 0. The van der Waals surface area contributed by atoms with Crippen LogP contribution in [-0.4, -0.2) is 19.6 Å². The number of aromatic amines is 1. The van der Waals surface area contributed by atoms with Crippen molar-refractivity contribution in [3.8, 4) is 0 Å². The first-order valence-electron chi connectivity index (χ1n) is 4.08. The molecular weight excluding hydrogens is 184 g/mol. The lowest BCUT2D eigenvalue weighted by atomic mass is 10.2. The van der Waals surface area contributed by atoms with Crippen LogP contribution in [0.2, 0.25) is 0 Å². The Labute approximate surface area is 79.0 Å². The number of nitrogens with zero attached hydrogens (tertiary/aromatic N) is 2. The van der Waals surface area contributed by atoms with Crippen molar-refractivity contribution in [2.24, 2.45) is 7.05 Å². The van der Waals surface area contributed by atoms with E-state index >= 15 is 0 Å². The van der Waals surface area contributed by atoms with E-state index in [0.717, 1.165) is 0 Å². The first-order chi connectivity index (χ1) is 6.65. The van der Waals surface area contributed by atoms with E-state index in [2.05, 4.69) is 9.97 Å². The maximum Gasteiger partial charge on any atom is 0.264 e. The molecule has 0 aliphatic heterocycles. The number of anilines is 1. The Balaban J connectivity index is 2.96. The van der Waals surface area contributed by atoms with Gasteiger partial charge in [0.25, 0.3) is 5.56 Å². The van der Waals surface area contributed by atoms with Gasteiger partial charge in [0.1, 0.15) is 5.65 Å². The van der Waals surface area contributed by atoms with Crippen molar-refractivity contribution in [2.75, 3.05) is 5.73 Å². The van der Waals surface area contributed by atoms with Gasteiger partial charge in [-0.1, -0.05) is 0 Å². The van der Waals surface area contributed by atoms with Crippen LogP contribution < -0.4 is 11.3 Å². The molecule has 0 amide bonds. The van der Waals surface area contributed by atoms with E-state index in [-0.39, 0.29) is 18.1 Å². The Kier molecular flexibility index (Phi) is 1.78. The fraction of sp³-hybridized carbons (Fsp3) is 0.250. The standard InChI is InChI=1S/C8H10N4O2/c1-12-7(14)5-4(3-13)2-10-6(5)11-8(12)9/h2,10,13H,3H2,1H3,(H2,9,11). The summed E-state index contributed by atoms with van der Waals surface area (Å²) in [5, 5.41) is 9.37. The summed E-state index contributed by atoms with van der Waals surface area (Å²) in [5.41, 5.74) is 6.20. The van der Waals surface area contributed by atoms with E-state index in [1.807, 2.05) is 0 Å². The van der Waals surface area contributed by atoms with Gasteiger partial charge in [-0.2, -0.15) is 4.98 Å². The van der Waals surface area contributed by atoms with Crippen LogP contribution in [0.4, 0.5) is 5.95 Å². The number of rotatable bonds is 1. The van der Waals surface area contributed by atoms with Crippen molar-refractivity contribution in [3.05, 3.63) is 22.1 Å². The summed E-state index contributed by atoms with van der Waals surface area (Å²) in [4.78, 5) is 18.5. The molecule has 0 aliphatic carbocycles. The summed E-state index contributed by atoms with van der Waals surface area (Å²) in [5.74, 6) is 0.147. The van der Waals surface area contributed by atoms with E-state index in [1.54, 1.807) is 6.20 Å². The molecular formula is C8H10N4O2. The van der Waals surface area contributed by atoms with Crippen LogP contribution in [0.5, 0.6) is 0 Å². The average molecular weight is 194 g/mol. The predicted octanol–water partition coefficient (Wildman–Crippen LogP) is -0.664. The number of fused-ring (bicyclic) bond motifs is 1. The molecule has 0 bridgehead atoms. The van der Waals surface area contributed by atoms with Crippen LogP contribution in [0.1, 0.15) is 5.56 Å². The topological polar surface area (TPSA) is 96.9 Å². The van der Waals surface area contributed by atoms with E-state index in [4.69, 9.17) is 10.8 Å². The molecule has 2 rings (SSSR count). The van der Waals surface area contributed by atoms with Gasteiger partial charge < -0.3 is 15.8 Å². The highest BCUT2D eigenvalue weighted by Gasteiger charge is 2.11. The van der Waals surface area contributed by atoms with Gasteiger partial charge in [0.2, 0.25) is 5.95 Å². The Bertz CT molecular complexity index is 540. The van der Waals surface area contributed by atoms with Gasteiger partial charge in [-0.15, -0.1) is 0 Å². The largest absolute Gasteiger partial charge is 0.392 e. The first-order valence-corrected chi connectivity index (χ1v) is 4.08. The second kappa shape index (κ2) is 2.85. The molecule has 14 heavy (non-hydrogen) atoms. The number of nitrogen functional groups attached to an aromatic ring is 1. The molecule has 2 aromatic heterocycles. The van der Waals surface area contributed by atoms with Crippen molar-refractivity contribution in [2.45, 2.75) is 6.61 Å². The maximum absolute atomic E-state index is 11.7. The molecule has 2 heterocycles. The smallest absolute Gasteiger partial charge is 0.264 e. The minimum Gasteiger partial charge on any atom is -0.392 e. The fourth-order valence-corrected chi connectivity index (χ4v) is 1.36. The molecule has 0 atom stereocenters. The number of aliphatic hydroxyl groups is 1. The number of nitrogens with two attached hydrogens (primary N) is 1. The van der Waals surface area contributed by atoms with Gasteiger partial charge in [-0.05, 0) is 0 Å². The average Bonchev–Trinajstić information content (AvgIpc) is 2.57. The summed E-state index contributed by atoms with van der Waals surface area (Å²) < 4.78 is 1.25. The lowest BCUT2D eigenvalue weighted by Gasteiger charge is -2.01. The van der Waals surface area contributed by atoms with Crippen molar-refractivity contribution >= 4 is 17.0 Å². The van der Waals surface area contributed by atoms with Crippen LogP contribution in [-0.2, 0) is 13.7 Å². The molecule has 0 saturated heterocycles. The minimum atomic E-state index is -0.252. The molecule has 0 aromatic carbocycles. The van der Waals surface area contributed by atoms with Gasteiger partial charge >= 0.3 is 0 Å². The molecule has 2 aromatic rings. The number of H-pyrrole nitrogens is 1. The highest BCUT2D eigenvalue weighted by atomic mass is 16.3. The third-order valence-electron chi connectivity index (χ3n) is 2.20. The highest BCUT2D eigenvalue weighted by molar-refractivity contribution is 5.79. The Hall–Kier alpha value is -1.82. The SMILES string of the molecule is Cn1c(N)nc2[nH]cc(CO)c2c1=O. The van der Waals surface area contributed by atoms with Crippen molar-refractivity contribution in [1.82, 2.24) is 14.5 Å². The third-order valence-corrected chi connectivity index (χ3v) is 2.20. The highest BCUT2D eigenvalue weighted by Crippen LogP contribution is 2.12. The number of nitrogens with one attached hydrogen (secondary N) is 1. The first kappa shape index (κ1) is 8.76. The van der Waals surface area contributed by atoms with Crippen LogP contribution in [0, 0.1) is 0 Å². The molecule has 6 heteroatoms. The summed E-state index contributed by atoms with van der Waals surface area (Å²) in [7, 11) is 1.54. The van der Waals surface area contributed by atoms with Crippen molar-refractivity contribution < 1.29 is 5.11 Å². The number of aliphatic hydroxyl groups excluding tert-OH is 1. The second-order valence-corrected chi connectivity index (χ2v) is 3.03. The van der Waals surface area contributed by atoms with Crippen LogP contribution in [0.25, 0.3) is 11.0 Å². The van der Waals surface area contributed by atoms with Crippen LogP contribution in [0.3, 0.4) is 0 Å². The number of hydrogen-bond donors (Lipinski definition) is 3. The van der Waals surface area contributed by atoms with Gasteiger partial charge in [-0.25, -0.2) is 0 Å². The molecule has 0 fully saturated rings.